The quantitative estimate of drug-likeness (QED) is 0.778. The molecule has 24 heavy (non-hydrogen) atoms. The highest BCUT2D eigenvalue weighted by molar-refractivity contribution is 7.98. The van der Waals surface area contributed by atoms with Crippen molar-refractivity contribution >= 4 is 17.9 Å². The van der Waals surface area contributed by atoms with Crippen LogP contribution >= 0.6 is 11.8 Å². The number of piperidine rings is 1. The van der Waals surface area contributed by atoms with Gasteiger partial charge in [0.1, 0.15) is 11.4 Å². The maximum atomic E-state index is 12.1. The minimum absolute atomic E-state index is 0.174. The van der Waals surface area contributed by atoms with Gasteiger partial charge in [-0.05, 0) is 63.0 Å². The molecule has 0 radical (unpaired) electrons. The standard InChI is InChI=1S/C19H29NO3S/c1-19(2,3)23-18(21)20-11-9-16(10-12-20)14-24-13-15-5-7-17(22-4)8-6-15/h5-8,16H,9-14H2,1-4H3. The largest absolute Gasteiger partial charge is 0.497 e. The first-order valence-electron chi connectivity index (χ1n) is 8.56. The molecule has 0 unspecified atom stereocenters. The molecule has 1 heterocycles. The van der Waals surface area contributed by atoms with Crippen LogP contribution in [0.25, 0.3) is 0 Å². The number of thioether (sulfide) groups is 1. The van der Waals surface area contributed by atoms with E-state index in [9.17, 15) is 4.79 Å². The van der Waals surface area contributed by atoms with Gasteiger partial charge in [-0.1, -0.05) is 12.1 Å². The van der Waals surface area contributed by atoms with E-state index in [0.29, 0.717) is 5.92 Å². The zero-order chi connectivity index (χ0) is 17.6. The molecule has 2 rings (SSSR count). The summed E-state index contributed by atoms with van der Waals surface area (Å²) in [4.78, 5) is 13.9. The third-order valence-corrected chi connectivity index (χ3v) is 5.29. The zero-order valence-electron chi connectivity index (χ0n) is 15.2. The molecular formula is C19H29NO3S. The first-order valence-corrected chi connectivity index (χ1v) is 9.71. The van der Waals surface area contributed by atoms with Gasteiger partial charge in [-0.15, -0.1) is 0 Å². The summed E-state index contributed by atoms with van der Waals surface area (Å²) in [5, 5.41) is 0. The molecule has 1 aromatic carbocycles. The Bertz CT molecular complexity index is 516. The SMILES string of the molecule is COc1ccc(CSCC2CCN(C(=O)OC(C)(C)C)CC2)cc1. The minimum Gasteiger partial charge on any atom is -0.497 e. The minimum atomic E-state index is -0.415. The van der Waals surface area contributed by atoms with Crippen molar-refractivity contribution in [3.8, 4) is 5.75 Å². The Morgan fingerprint density at radius 3 is 2.38 bits per heavy atom. The molecule has 0 N–H and O–H groups in total. The van der Waals surface area contributed by atoms with Gasteiger partial charge in [0.2, 0.25) is 0 Å². The Hall–Kier alpha value is -1.36. The highest BCUT2D eigenvalue weighted by atomic mass is 32.2. The van der Waals surface area contributed by atoms with Gasteiger partial charge < -0.3 is 14.4 Å². The molecule has 0 aliphatic carbocycles. The van der Waals surface area contributed by atoms with Crippen molar-refractivity contribution in [2.24, 2.45) is 5.92 Å². The first kappa shape index (κ1) is 19.0. The van der Waals surface area contributed by atoms with Crippen LogP contribution in [0.4, 0.5) is 4.79 Å². The maximum Gasteiger partial charge on any atom is 0.410 e. The van der Waals surface area contributed by atoms with E-state index >= 15 is 0 Å². The highest BCUT2D eigenvalue weighted by Crippen LogP contribution is 2.25. The van der Waals surface area contributed by atoms with Crippen LogP contribution in [0.15, 0.2) is 24.3 Å². The zero-order valence-corrected chi connectivity index (χ0v) is 16.0. The van der Waals surface area contributed by atoms with Crippen LogP contribution < -0.4 is 4.74 Å². The number of carbonyl (C=O) groups is 1. The predicted octanol–water partition coefficient (Wildman–Crippen LogP) is 4.58. The number of benzene rings is 1. The van der Waals surface area contributed by atoms with Crippen molar-refractivity contribution < 1.29 is 14.3 Å². The van der Waals surface area contributed by atoms with Gasteiger partial charge in [0, 0.05) is 18.8 Å². The van der Waals surface area contributed by atoms with Gasteiger partial charge in [-0.2, -0.15) is 11.8 Å². The third-order valence-electron chi connectivity index (χ3n) is 4.05. The van der Waals surface area contributed by atoms with E-state index in [1.165, 1.54) is 5.56 Å². The molecule has 1 aliphatic heterocycles. The van der Waals surface area contributed by atoms with E-state index in [1.807, 2.05) is 49.6 Å². The number of carbonyl (C=O) groups excluding carboxylic acids is 1. The van der Waals surface area contributed by atoms with Crippen molar-refractivity contribution in [2.75, 3.05) is 26.0 Å². The second-order valence-corrected chi connectivity index (χ2v) is 8.30. The summed E-state index contributed by atoms with van der Waals surface area (Å²) >= 11 is 1.97. The molecule has 1 fully saturated rings. The van der Waals surface area contributed by atoms with Crippen molar-refractivity contribution in [3.05, 3.63) is 29.8 Å². The van der Waals surface area contributed by atoms with Gasteiger partial charge in [-0.3, -0.25) is 0 Å². The number of amides is 1. The van der Waals surface area contributed by atoms with Crippen LogP contribution in [0.3, 0.4) is 0 Å². The molecule has 0 bridgehead atoms. The van der Waals surface area contributed by atoms with Crippen LogP contribution in [-0.4, -0.2) is 42.5 Å². The number of likely N-dealkylation sites (tertiary alicyclic amines) is 1. The summed E-state index contributed by atoms with van der Waals surface area (Å²) in [6.45, 7) is 7.35. The second-order valence-electron chi connectivity index (χ2n) is 7.27. The van der Waals surface area contributed by atoms with Crippen LogP contribution in [0.5, 0.6) is 5.75 Å². The summed E-state index contributed by atoms with van der Waals surface area (Å²) in [5.74, 6) is 3.76. The van der Waals surface area contributed by atoms with E-state index < -0.39 is 5.60 Å². The lowest BCUT2D eigenvalue weighted by molar-refractivity contribution is 0.0191. The van der Waals surface area contributed by atoms with Gasteiger partial charge in [0.25, 0.3) is 0 Å². The number of hydrogen-bond donors (Lipinski definition) is 0. The lowest BCUT2D eigenvalue weighted by Gasteiger charge is -2.33. The van der Waals surface area contributed by atoms with Crippen molar-refractivity contribution in [3.63, 3.8) is 0 Å². The number of ether oxygens (including phenoxy) is 2. The highest BCUT2D eigenvalue weighted by Gasteiger charge is 2.26. The molecule has 1 aliphatic rings. The van der Waals surface area contributed by atoms with Crippen LogP contribution in [0, 0.1) is 5.92 Å². The van der Waals surface area contributed by atoms with Crippen LogP contribution in [0.2, 0.25) is 0 Å². The average molecular weight is 352 g/mol. The lowest BCUT2D eigenvalue weighted by atomic mass is 9.99. The van der Waals surface area contributed by atoms with E-state index in [-0.39, 0.29) is 6.09 Å². The third kappa shape index (κ3) is 6.27. The number of rotatable bonds is 5. The average Bonchev–Trinajstić information content (AvgIpc) is 2.54. The predicted molar refractivity (Wildman–Crippen MR) is 99.7 cm³/mol. The molecule has 0 aromatic heterocycles. The number of methoxy groups -OCH3 is 1. The van der Waals surface area contributed by atoms with Crippen molar-refractivity contribution in [1.29, 1.82) is 0 Å². The Morgan fingerprint density at radius 1 is 1.21 bits per heavy atom. The fourth-order valence-electron chi connectivity index (χ4n) is 2.67. The molecule has 5 heteroatoms. The molecule has 0 saturated carbocycles. The molecule has 0 spiro atoms. The molecule has 4 nitrogen and oxygen atoms in total. The fourth-order valence-corrected chi connectivity index (χ4v) is 3.89. The molecule has 1 saturated heterocycles. The summed E-state index contributed by atoms with van der Waals surface area (Å²) < 4.78 is 10.6. The first-order chi connectivity index (χ1) is 11.4. The summed E-state index contributed by atoms with van der Waals surface area (Å²) in [5.41, 5.74) is 0.911. The van der Waals surface area contributed by atoms with E-state index in [1.54, 1.807) is 7.11 Å². The molecule has 1 aromatic rings. The van der Waals surface area contributed by atoms with Gasteiger partial charge in [0.15, 0.2) is 0 Å². The molecule has 0 atom stereocenters. The van der Waals surface area contributed by atoms with Crippen molar-refractivity contribution in [2.45, 2.75) is 45.0 Å². The Kier molecular flexibility index (Phi) is 6.84. The van der Waals surface area contributed by atoms with Gasteiger partial charge >= 0.3 is 6.09 Å². The van der Waals surface area contributed by atoms with Crippen molar-refractivity contribution in [1.82, 2.24) is 4.90 Å². The Balaban J connectivity index is 1.66. The number of nitrogens with zero attached hydrogens (tertiary/aromatic N) is 1. The fraction of sp³-hybridized carbons (Fsp3) is 0.632. The van der Waals surface area contributed by atoms with Gasteiger partial charge in [0.05, 0.1) is 7.11 Å². The Morgan fingerprint density at radius 2 is 1.83 bits per heavy atom. The summed E-state index contributed by atoms with van der Waals surface area (Å²) in [7, 11) is 1.69. The van der Waals surface area contributed by atoms with Crippen LogP contribution in [0.1, 0.15) is 39.2 Å². The Labute approximate surface area is 149 Å². The smallest absolute Gasteiger partial charge is 0.410 e. The summed E-state index contributed by atoms with van der Waals surface area (Å²) in [6.07, 6.45) is 1.95. The lowest BCUT2D eigenvalue weighted by Crippen LogP contribution is -2.42. The second kappa shape index (κ2) is 8.65. The van der Waals surface area contributed by atoms with E-state index in [0.717, 1.165) is 43.2 Å². The normalized spacial score (nSPS) is 16.1. The van der Waals surface area contributed by atoms with Crippen LogP contribution in [-0.2, 0) is 10.5 Å². The molecule has 134 valence electrons. The monoisotopic (exact) mass is 351 g/mol. The molecular weight excluding hydrogens is 322 g/mol. The number of hydrogen-bond acceptors (Lipinski definition) is 4. The molecule has 1 amide bonds. The van der Waals surface area contributed by atoms with E-state index in [2.05, 4.69) is 12.1 Å². The van der Waals surface area contributed by atoms with E-state index in [4.69, 9.17) is 9.47 Å². The maximum absolute atomic E-state index is 12.1. The van der Waals surface area contributed by atoms with Gasteiger partial charge in [-0.25, -0.2) is 4.79 Å². The topological polar surface area (TPSA) is 38.8 Å². The summed E-state index contributed by atoms with van der Waals surface area (Å²) in [6, 6.07) is 8.26.